The molecule has 0 aromatic carbocycles. The highest BCUT2D eigenvalue weighted by atomic mass is 19.4. The summed E-state index contributed by atoms with van der Waals surface area (Å²) < 4.78 is 57.6. The van der Waals surface area contributed by atoms with Crippen molar-refractivity contribution in [3.05, 3.63) is 11.7 Å². The van der Waals surface area contributed by atoms with Gasteiger partial charge < -0.3 is 5.11 Å². The van der Waals surface area contributed by atoms with E-state index >= 15 is 0 Å². The van der Waals surface area contributed by atoms with Crippen LogP contribution in [-0.4, -0.2) is 17.3 Å². The van der Waals surface area contributed by atoms with Crippen molar-refractivity contribution < 1.29 is 31.9 Å². The molecule has 0 aliphatic heterocycles. The zero-order valence-electron chi connectivity index (χ0n) is 5.45. The lowest BCUT2D eigenvalue weighted by Crippen LogP contribution is -2.10. The molecule has 0 unspecified atom stereocenters. The third-order valence-electron chi connectivity index (χ3n) is 0.793. The van der Waals surface area contributed by atoms with Crippen LogP contribution in [0.25, 0.3) is 0 Å². The van der Waals surface area contributed by atoms with Crippen molar-refractivity contribution in [3.8, 4) is 0 Å². The van der Waals surface area contributed by atoms with Crippen LogP contribution in [0.5, 0.6) is 0 Å². The van der Waals surface area contributed by atoms with Crippen molar-refractivity contribution in [2.45, 2.75) is 12.6 Å². The van der Waals surface area contributed by atoms with E-state index in [1.54, 1.807) is 0 Å². The van der Waals surface area contributed by atoms with Crippen LogP contribution >= 0.6 is 0 Å². The molecule has 0 saturated heterocycles. The number of rotatable bonds is 2. The second-order valence-electron chi connectivity index (χ2n) is 1.79. The summed E-state index contributed by atoms with van der Waals surface area (Å²) in [5, 5.41) is 7.79. The fraction of sp³-hybridized carbons (Fsp3) is 0.400. The molecular weight excluding hydrogens is 187 g/mol. The summed E-state index contributed by atoms with van der Waals surface area (Å²) in [6.07, 6.45) is -7.06. The Kier molecular flexibility index (Phi) is 3.17. The molecule has 12 heavy (non-hydrogen) atoms. The molecule has 0 aromatic heterocycles. The van der Waals surface area contributed by atoms with Crippen LogP contribution in [-0.2, 0) is 4.79 Å². The summed E-state index contributed by atoms with van der Waals surface area (Å²) >= 11 is 0. The van der Waals surface area contributed by atoms with Crippen molar-refractivity contribution in [2.24, 2.45) is 0 Å². The lowest BCUT2D eigenvalue weighted by atomic mass is 10.3. The lowest BCUT2D eigenvalue weighted by Gasteiger charge is -2.02. The molecule has 2 nitrogen and oxygen atoms in total. The van der Waals surface area contributed by atoms with Gasteiger partial charge in [-0.3, -0.25) is 4.79 Å². The normalized spacial score (nSPS) is 14.1. The first-order valence-corrected chi connectivity index (χ1v) is 2.58. The summed E-state index contributed by atoms with van der Waals surface area (Å²) in [5.74, 6) is -7.19. The number of allylic oxidation sites excluding steroid dienone is 1. The summed E-state index contributed by atoms with van der Waals surface area (Å²) in [6.45, 7) is 0. The minimum atomic E-state index is -5.46. The molecule has 1 N–H and O–H groups in total. The first kappa shape index (κ1) is 10.9. The molecule has 0 spiro atoms. The van der Waals surface area contributed by atoms with E-state index in [0.717, 1.165) is 0 Å². The molecule has 70 valence electrons. The Bertz CT molecular complexity index is 216. The van der Waals surface area contributed by atoms with E-state index in [9.17, 15) is 26.7 Å². The highest BCUT2D eigenvalue weighted by Gasteiger charge is 2.38. The predicted octanol–water partition coefficient (Wildman–Crippen LogP) is 2.17. The molecule has 0 saturated carbocycles. The Morgan fingerprint density at radius 2 is 1.67 bits per heavy atom. The van der Waals surface area contributed by atoms with Crippen molar-refractivity contribution in [3.63, 3.8) is 0 Å². The number of hydrogen-bond donors (Lipinski definition) is 1. The van der Waals surface area contributed by atoms with Gasteiger partial charge in [-0.1, -0.05) is 0 Å². The van der Waals surface area contributed by atoms with Gasteiger partial charge in [-0.15, -0.1) is 0 Å². The van der Waals surface area contributed by atoms with Gasteiger partial charge in [-0.25, -0.2) is 4.39 Å². The Morgan fingerprint density at radius 3 is 1.92 bits per heavy atom. The third kappa shape index (κ3) is 3.31. The quantitative estimate of drug-likeness (QED) is 0.677. The van der Waals surface area contributed by atoms with Gasteiger partial charge in [0.15, 0.2) is 5.83 Å². The summed E-state index contributed by atoms with van der Waals surface area (Å²) in [5.41, 5.74) is 0. The van der Waals surface area contributed by atoms with Crippen LogP contribution in [0.15, 0.2) is 11.7 Å². The maximum absolute atomic E-state index is 11.9. The number of halogens is 5. The number of alkyl halides is 3. The molecule has 0 amide bonds. The van der Waals surface area contributed by atoms with Gasteiger partial charge in [0, 0.05) is 0 Å². The van der Waals surface area contributed by atoms with E-state index in [0.29, 0.717) is 0 Å². The van der Waals surface area contributed by atoms with Crippen LogP contribution < -0.4 is 0 Å². The van der Waals surface area contributed by atoms with Gasteiger partial charge in [0.2, 0.25) is 5.83 Å². The SMILES string of the molecule is O=C(O)CC(F)=C(F)C(F)(F)F. The number of hydrogen-bond acceptors (Lipinski definition) is 1. The number of carboxylic acid groups (broad SMARTS) is 1. The van der Waals surface area contributed by atoms with Crippen molar-refractivity contribution in [2.75, 3.05) is 0 Å². The fourth-order valence-electron chi connectivity index (χ4n) is 0.364. The Labute approximate surface area is 63.3 Å². The molecule has 0 atom stereocenters. The van der Waals surface area contributed by atoms with Gasteiger partial charge in [0.1, 0.15) is 6.42 Å². The maximum Gasteiger partial charge on any atom is 0.445 e. The van der Waals surface area contributed by atoms with Crippen LogP contribution in [0.2, 0.25) is 0 Å². The Morgan fingerprint density at radius 1 is 1.25 bits per heavy atom. The highest BCUT2D eigenvalue weighted by Crippen LogP contribution is 2.30. The molecule has 0 rings (SSSR count). The predicted molar refractivity (Wildman–Crippen MR) is 27.5 cm³/mol. The van der Waals surface area contributed by atoms with E-state index in [1.165, 1.54) is 0 Å². The Balaban J connectivity index is 4.58. The molecular formula is C5H3F5O2. The average molecular weight is 190 g/mol. The molecule has 0 aromatic rings. The van der Waals surface area contributed by atoms with E-state index in [1.807, 2.05) is 0 Å². The number of carbonyl (C=O) groups is 1. The van der Waals surface area contributed by atoms with Gasteiger partial charge in [0.25, 0.3) is 0 Å². The average Bonchev–Trinajstić information content (AvgIpc) is 1.82. The topological polar surface area (TPSA) is 37.3 Å². The first-order valence-electron chi connectivity index (χ1n) is 2.58. The molecule has 0 radical (unpaired) electrons. The standard InChI is InChI=1S/C5H3F5O2/c6-2(1-3(11)12)4(7)5(8,9)10/h1H2,(H,11,12). The molecule has 7 heteroatoms. The van der Waals surface area contributed by atoms with E-state index in [2.05, 4.69) is 0 Å². The van der Waals surface area contributed by atoms with Gasteiger partial charge in [-0.2, -0.15) is 17.6 Å². The second kappa shape index (κ2) is 3.51. The Hall–Kier alpha value is -1.14. The third-order valence-corrected chi connectivity index (χ3v) is 0.793. The van der Waals surface area contributed by atoms with E-state index in [-0.39, 0.29) is 0 Å². The first-order chi connectivity index (χ1) is 5.25. The monoisotopic (exact) mass is 190 g/mol. The molecule has 0 aliphatic carbocycles. The second-order valence-corrected chi connectivity index (χ2v) is 1.79. The maximum atomic E-state index is 11.9. The molecule has 0 aliphatic rings. The van der Waals surface area contributed by atoms with E-state index < -0.39 is 30.2 Å². The molecule has 0 heterocycles. The fourth-order valence-corrected chi connectivity index (χ4v) is 0.364. The largest absolute Gasteiger partial charge is 0.481 e. The van der Waals surface area contributed by atoms with Gasteiger partial charge in [-0.05, 0) is 0 Å². The summed E-state index contributed by atoms with van der Waals surface area (Å²) in [6, 6.07) is 0. The minimum Gasteiger partial charge on any atom is -0.481 e. The van der Waals surface area contributed by atoms with Crippen LogP contribution in [0.3, 0.4) is 0 Å². The zero-order chi connectivity index (χ0) is 9.94. The van der Waals surface area contributed by atoms with E-state index in [4.69, 9.17) is 5.11 Å². The van der Waals surface area contributed by atoms with Crippen molar-refractivity contribution in [1.82, 2.24) is 0 Å². The molecule has 0 fully saturated rings. The van der Waals surface area contributed by atoms with Crippen molar-refractivity contribution >= 4 is 5.97 Å². The van der Waals surface area contributed by atoms with Gasteiger partial charge >= 0.3 is 12.1 Å². The van der Waals surface area contributed by atoms with Crippen LogP contribution in [0.1, 0.15) is 6.42 Å². The van der Waals surface area contributed by atoms with Crippen molar-refractivity contribution in [1.29, 1.82) is 0 Å². The zero-order valence-corrected chi connectivity index (χ0v) is 5.45. The number of aliphatic carboxylic acids is 1. The summed E-state index contributed by atoms with van der Waals surface area (Å²) in [7, 11) is 0. The van der Waals surface area contributed by atoms with Gasteiger partial charge in [0.05, 0.1) is 0 Å². The van der Waals surface area contributed by atoms with Crippen LogP contribution in [0, 0.1) is 0 Å². The highest BCUT2D eigenvalue weighted by molar-refractivity contribution is 5.69. The molecule has 0 bridgehead atoms. The lowest BCUT2D eigenvalue weighted by molar-refractivity contribution is -0.136. The minimum absolute atomic E-state index is 1.61. The number of carboxylic acids is 1. The van der Waals surface area contributed by atoms with Crippen LogP contribution in [0.4, 0.5) is 22.0 Å². The smallest absolute Gasteiger partial charge is 0.445 e. The summed E-state index contributed by atoms with van der Waals surface area (Å²) in [4.78, 5) is 9.63.